The van der Waals surface area contributed by atoms with Crippen molar-refractivity contribution >= 4 is 40.0 Å². The van der Waals surface area contributed by atoms with Crippen LogP contribution in [0.25, 0.3) is 10.8 Å². The summed E-state index contributed by atoms with van der Waals surface area (Å²) in [6.45, 7) is 4.16. The normalized spacial score (nSPS) is 19.2. The number of benzene rings is 3. The quantitative estimate of drug-likeness (QED) is 0.228. The summed E-state index contributed by atoms with van der Waals surface area (Å²) in [6, 6.07) is 19.0. The highest BCUT2D eigenvalue weighted by Gasteiger charge is 2.28. The van der Waals surface area contributed by atoms with Crippen LogP contribution in [0, 0.1) is 0 Å². The Labute approximate surface area is 242 Å². The number of aliphatic carboxylic acids is 1. The van der Waals surface area contributed by atoms with Crippen LogP contribution in [0.1, 0.15) is 66.8 Å². The number of H-pyrrole nitrogens is 1. The van der Waals surface area contributed by atoms with Crippen molar-refractivity contribution in [1.29, 1.82) is 0 Å². The van der Waals surface area contributed by atoms with Gasteiger partial charge in [-0.2, -0.15) is 0 Å². The standard InChI is InChI=1S/C33H33N3O6/c1-3-20-13-23-8-10-27(20)19(2)18-42-33(41)36-25-6-4-5-22(14-25)24(16-30(38)39)15-29(37)31(23)35-26-9-7-21-11-12-34-32(40)28(21)17-26/h4-14,17,19,24,31,35H,3,15-16,18H2,1-2H3,(H,34,40)(H,36,41)(H,38,39)/t19-,24+,31+/m0/s1. The predicted octanol–water partition coefficient (Wildman–Crippen LogP) is 6.13. The van der Waals surface area contributed by atoms with Crippen LogP contribution in [0.15, 0.2) is 77.7 Å². The van der Waals surface area contributed by atoms with Crippen LogP contribution in [0.3, 0.4) is 0 Å². The van der Waals surface area contributed by atoms with E-state index in [9.17, 15) is 24.3 Å². The minimum atomic E-state index is -1.04. The van der Waals surface area contributed by atoms with Crippen molar-refractivity contribution in [2.75, 3.05) is 17.2 Å². The number of anilines is 2. The number of aromatic amines is 1. The Kier molecular flexibility index (Phi) is 8.38. The number of aromatic nitrogens is 1. The second kappa shape index (κ2) is 12.3. The highest BCUT2D eigenvalue weighted by molar-refractivity contribution is 5.91. The van der Waals surface area contributed by atoms with Gasteiger partial charge in [-0.05, 0) is 64.4 Å². The van der Waals surface area contributed by atoms with Crippen LogP contribution in [0.2, 0.25) is 0 Å². The van der Waals surface area contributed by atoms with E-state index in [1.165, 1.54) is 0 Å². The van der Waals surface area contributed by atoms with E-state index in [2.05, 4.69) is 15.6 Å². The minimum absolute atomic E-state index is 0.0638. The van der Waals surface area contributed by atoms with Gasteiger partial charge in [0, 0.05) is 41.2 Å². The maximum atomic E-state index is 14.1. The molecular weight excluding hydrogens is 534 g/mol. The summed E-state index contributed by atoms with van der Waals surface area (Å²) in [5.41, 5.74) is 4.17. The zero-order valence-electron chi connectivity index (χ0n) is 23.5. The van der Waals surface area contributed by atoms with Crippen molar-refractivity contribution in [1.82, 2.24) is 4.98 Å². The third-order valence-corrected chi connectivity index (χ3v) is 7.76. The first-order chi connectivity index (χ1) is 20.2. The second-order valence-electron chi connectivity index (χ2n) is 10.7. The van der Waals surface area contributed by atoms with Crippen molar-refractivity contribution in [3.05, 3.63) is 106 Å². The van der Waals surface area contributed by atoms with Gasteiger partial charge < -0.3 is 20.1 Å². The van der Waals surface area contributed by atoms with Gasteiger partial charge in [0.05, 0.1) is 13.0 Å². The lowest BCUT2D eigenvalue weighted by atomic mass is 9.85. The van der Waals surface area contributed by atoms with E-state index in [-0.39, 0.29) is 36.7 Å². The molecule has 6 rings (SSSR count). The molecule has 4 N–H and O–H groups in total. The molecule has 0 saturated carbocycles. The molecule has 0 saturated heterocycles. The van der Waals surface area contributed by atoms with E-state index < -0.39 is 24.0 Å². The molecule has 4 aromatic rings. The molecule has 0 fully saturated rings. The molecule has 1 aromatic heterocycles. The molecule has 2 aliphatic heterocycles. The van der Waals surface area contributed by atoms with Gasteiger partial charge in [0.15, 0.2) is 5.78 Å². The molecule has 0 unspecified atom stereocenters. The lowest BCUT2D eigenvalue weighted by molar-refractivity contribution is -0.137. The van der Waals surface area contributed by atoms with Crippen LogP contribution >= 0.6 is 0 Å². The number of amides is 1. The van der Waals surface area contributed by atoms with Crippen LogP contribution in [0.5, 0.6) is 0 Å². The summed E-state index contributed by atoms with van der Waals surface area (Å²) in [4.78, 5) is 53.7. The molecule has 42 heavy (non-hydrogen) atoms. The number of carboxylic acid groups (broad SMARTS) is 1. The fourth-order valence-electron chi connectivity index (χ4n) is 5.58. The van der Waals surface area contributed by atoms with Crippen molar-refractivity contribution in [3.8, 4) is 0 Å². The lowest BCUT2D eigenvalue weighted by Crippen LogP contribution is -2.25. The number of hydrogen-bond donors (Lipinski definition) is 4. The Morgan fingerprint density at radius 2 is 1.86 bits per heavy atom. The van der Waals surface area contributed by atoms with Crippen LogP contribution < -0.4 is 16.2 Å². The first-order valence-electron chi connectivity index (χ1n) is 14.0. The van der Waals surface area contributed by atoms with Crippen molar-refractivity contribution in [3.63, 3.8) is 0 Å². The van der Waals surface area contributed by atoms with Crippen molar-refractivity contribution in [2.24, 2.45) is 0 Å². The molecule has 0 spiro atoms. The summed E-state index contributed by atoms with van der Waals surface area (Å²) in [7, 11) is 0. The van der Waals surface area contributed by atoms with Crippen molar-refractivity contribution < 1.29 is 24.2 Å². The van der Waals surface area contributed by atoms with Crippen LogP contribution in [-0.4, -0.2) is 34.5 Å². The number of hydrogen-bond acceptors (Lipinski definition) is 6. The van der Waals surface area contributed by atoms with Gasteiger partial charge in [-0.3, -0.25) is 19.7 Å². The highest BCUT2D eigenvalue weighted by Crippen LogP contribution is 2.33. The molecule has 216 valence electrons. The van der Waals surface area contributed by atoms with E-state index in [0.717, 1.165) is 22.1 Å². The molecule has 9 nitrogen and oxygen atoms in total. The molecular formula is C33H33N3O6. The largest absolute Gasteiger partial charge is 0.481 e. The molecule has 9 heteroatoms. The van der Waals surface area contributed by atoms with Gasteiger partial charge in [0.25, 0.3) is 5.56 Å². The number of Topliss-reactive ketones (excluding diaryl/α,β-unsaturated/α-hetero) is 1. The average Bonchev–Trinajstić information content (AvgIpc) is 2.97. The fraction of sp³-hybridized carbons (Fsp3) is 0.273. The topological polar surface area (TPSA) is 138 Å². The lowest BCUT2D eigenvalue weighted by Gasteiger charge is -2.25. The number of ether oxygens (including phenoxy) is 1. The number of fused-ring (bicyclic) bond motifs is 10. The minimum Gasteiger partial charge on any atom is -0.481 e. The third-order valence-electron chi connectivity index (χ3n) is 7.76. The summed E-state index contributed by atoms with van der Waals surface area (Å²) in [5, 5.41) is 17.0. The maximum absolute atomic E-state index is 14.1. The Hall–Kier alpha value is -4.92. The number of pyridine rings is 1. The van der Waals surface area contributed by atoms with Crippen molar-refractivity contribution in [2.45, 2.75) is 51.0 Å². The monoisotopic (exact) mass is 567 g/mol. The van der Waals surface area contributed by atoms with Gasteiger partial charge in [-0.15, -0.1) is 0 Å². The molecule has 1 amide bonds. The smallest absolute Gasteiger partial charge is 0.411 e. The molecule has 2 aliphatic rings. The zero-order valence-corrected chi connectivity index (χ0v) is 23.5. The van der Waals surface area contributed by atoms with E-state index >= 15 is 0 Å². The first kappa shape index (κ1) is 28.6. The fourth-order valence-corrected chi connectivity index (χ4v) is 5.58. The molecule has 3 heterocycles. The summed E-state index contributed by atoms with van der Waals surface area (Å²) < 4.78 is 5.52. The Morgan fingerprint density at radius 1 is 1.02 bits per heavy atom. The Morgan fingerprint density at radius 3 is 2.64 bits per heavy atom. The third kappa shape index (κ3) is 6.35. The maximum Gasteiger partial charge on any atom is 0.411 e. The van der Waals surface area contributed by atoms with E-state index in [0.29, 0.717) is 28.7 Å². The van der Waals surface area contributed by atoms with E-state index in [1.54, 1.807) is 36.5 Å². The van der Waals surface area contributed by atoms with Gasteiger partial charge in [-0.25, -0.2) is 4.79 Å². The number of carbonyl (C=O) groups is 3. The number of carbonyl (C=O) groups excluding carboxylic acids is 2. The second-order valence-corrected chi connectivity index (χ2v) is 10.7. The molecule has 0 radical (unpaired) electrons. The number of rotatable bonds is 5. The predicted molar refractivity (Wildman–Crippen MR) is 161 cm³/mol. The molecule has 4 bridgehead atoms. The summed E-state index contributed by atoms with van der Waals surface area (Å²) in [5.74, 6) is -1.97. The average molecular weight is 568 g/mol. The Bertz CT molecular complexity index is 1710. The van der Waals surface area contributed by atoms with E-state index in [1.807, 2.05) is 50.2 Å². The summed E-state index contributed by atoms with van der Waals surface area (Å²) in [6.07, 6.45) is 1.34. The molecule has 0 aliphatic carbocycles. The SMILES string of the molecule is CCc1cc2ccc1[C@@H](C)COC(=O)Nc1cccc(c1)[C@@H](CC(=O)O)CC(=O)[C@@H]2Nc1ccc2cc[nH]c(=O)c2c1. The number of ketones is 1. The zero-order chi connectivity index (χ0) is 29.8. The van der Waals surface area contributed by atoms with Gasteiger partial charge in [0.2, 0.25) is 0 Å². The van der Waals surface area contributed by atoms with Gasteiger partial charge in [0.1, 0.15) is 6.04 Å². The number of aryl methyl sites for hydroxylation is 1. The molecule has 3 aromatic carbocycles. The highest BCUT2D eigenvalue weighted by atomic mass is 16.5. The Balaban J connectivity index is 1.61. The molecule has 3 atom stereocenters. The first-order valence-corrected chi connectivity index (χ1v) is 14.0. The summed E-state index contributed by atoms with van der Waals surface area (Å²) >= 11 is 0. The van der Waals surface area contributed by atoms with E-state index in [4.69, 9.17) is 4.74 Å². The number of nitrogens with one attached hydrogen (secondary N) is 3. The number of carboxylic acids is 1. The van der Waals surface area contributed by atoms with Gasteiger partial charge in [-0.1, -0.05) is 50.2 Å². The van der Waals surface area contributed by atoms with Crippen LogP contribution in [-0.2, 0) is 20.7 Å². The van der Waals surface area contributed by atoms with Gasteiger partial charge >= 0.3 is 12.1 Å². The van der Waals surface area contributed by atoms with Crippen LogP contribution in [0.4, 0.5) is 16.2 Å².